The molecule has 0 aromatic heterocycles. The van der Waals surface area contributed by atoms with Gasteiger partial charge in [-0.3, -0.25) is 0 Å². The summed E-state index contributed by atoms with van der Waals surface area (Å²) in [6.07, 6.45) is -4.85. The molecule has 2 aromatic rings. The van der Waals surface area contributed by atoms with Crippen LogP contribution in [0.5, 0.6) is 11.5 Å². The zero-order valence-electron chi connectivity index (χ0n) is 12.3. The third kappa shape index (κ3) is 4.59. The molecule has 0 aliphatic rings. The van der Waals surface area contributed by atoms with Crippen molar-refractivity contribution in [1.29, 1.82) is 0 Å². The third-order valence-corrected chi connectivity index (χ3v) is 2.98. The average molecular weight is 329 g/mol. The van der Waals surface area contributed by atoms with E-state index in [1.165, 1.54) is 18.2 Å². The molecule has 23 heavy (non-hydrogen) atoms. The van der Waals surface area contributed by atoms with Crippen LogP contribution in [0.3, 0.4) is 0 Å². The highest BCUT2D eigenvalue weighted by atomic mass is 19.4. The third-order valence-electron chi connectivity index (χ3n) is 2.98. The summed E-state index contributed by atoms with van der Waals surface area (Å²) in [4.78, 5) is 0. The van der Waals surface area contributed by atoms with E-state index in [9.17, 15) is 17.6 Å². The van der Waals surface area contributed by atoms with Gasteiger partial charge in [-0.25, -0.2) is 4.39 Å². The molecule has 3 nitrogen and oxygen atoms in total. The Hall–Kier alpha value is -2.28. The van der Waals surface area contributed by atoms with Crippen LogP contribution in [0.2, 0.25) is 0 Å². The second-order valence-corrected chi connectivity index (χ2v) is 4.83. The normalized spacial score (nSPS) is 11.4. The van der Waals surface area contributed by atoms with Gasteiger partial charge in [-0.2, -0.15) is 0 Å². The molecule has 0 atom stereocenters. The molecule has 0 aliphatic carbocycles. The molecule has 0 aliphatic heterocycles. The van der Waals surface area contributed by atoms with Gasteiger partial charge in [-0.05, 0) is 36.8 Å². The first-order valence-corrected chi connectivity index (χ1v) is 6.79. The molecule has 0 spiro atoms. The molecule has 0 saturated carbocycles. The summed E-state index contributed by atoms with van der Waals surface area (Å²) in [5.74, 6) is -1.13. The van der Waals surface area contributed by atoms with Gasteiger partial charge in [0.25, 0.3) is 0 Å². The van der Waals surface area contributed by atoms with Gasteiger partial charge < -0.3 is 15.2 Å². The smallest absolute Gasteiger partial charge is 0.488 e. The van der Waals surface area contributed by atoms with Crippen LogP contribution in [0.25, 0.3) is 11.1 Å². The van der Waals surface area contributed by atoms with Gasteiger partial charge in [0, 0.05) is 12.1 Å². The Balaban J connectivity index is 2.44. The first-order chi connectivity index (χ1) is 10.8. The summed E-state index contributed by atoms with van der Waals surface area (Å²) in [5.41, 5.74) is 6.77. The molecule has 0 fully saturated rings. The maximum absolute atomic E-state index is 13.9. The van der Waals surface area contributed by atoms with Crippen molar-refractivity contribution < 1.29 is 27.0 Å². The molecule has 2 rings (SSSR count). The average Bonchev–Trinajstić information content (AvgIpc) is 2.47. The second-order valence-electron chi connectivity index (χ2n) is 4.83. The zero-order valence-corrected chi connectivity index (χ0v) is 12.3. The number of benzene rings is 2. The van der Waals surface area contributed by atoms with E-state index >= 15 is 0 Å². The number of hydrogen-bond donors (Lipinski definition) is 1. The lowest BCUT2D eigenvalue weighted by molar-refractivity contribution is -0.275. The molecule has 7 heteroatoms. The van der Waals surface area contributed by atoms with Gasteiger partial charge in [-0.1, -0.05) is 17.7 Å². The zero-order chi connectivity index (χ0) is 17.0. The van der Waals surface area contributed by atoms with E-state index in [-0.39, 0.29) is 24.5 Å². The van der Waals surface area contributed by atoms with E-state index in [4.69, 9.17) is 10.5 Å². The Morgan fingerprint density at radius 3 is 2.43 bits per heavy atom. The number of nitrogens with two attached hydrogens (primary N) is 1. The van der Waals surface area contributed by atoms with Gasteiger partial charge in [-0.15, -0.1) is 13.2 Å². The van der Waals surface area contributed by atoms with E-state index in [0.29, 0.717) is 5.56 Å². The molecule has 124 valence electrons. The minimum absolute atomic E-state index is 0.00791. The maximum atomic E-state index is 13.9. The minimum Gasteiger partial charge on any atom is -0.488 e. The van der Waals surface area contributed by atoms with Crippen LogP contribution in [0, 0.1) is 12.7 Å². The SMILES string of the molecule is Cc1ccc(F)c(-c2ccc(OC(F)(F)F)c(OCCN)c2)c1. The van der Waals surface area contributed by atoms with E-state index < -0.39 is 17.9 Å². The summed E-state index contributed by atoms with van der Waals surface area (Å²) in [6.45, 7) is 1.92. The summed E-state index contributed by atoms with van der Waals surface area (Å²) in [6, 6.07) is 8.23. The van der Waals surface area contributed by atoms with Crippen LogP contribution in [-0.4, -0.2) is 19.5 Å². The number of rotatable bonds is 5. The van der Waals surface area contributed by atoms with Gasteiger partial charge in [0.05, 0.1) is 0 Å². The van der Waals surface area contributed by atoms with Gasteiger partial charge in [0.1, 0.15) is 12.4 Å². The van der Waals surface area contributed by atoms with Gasteiger partial charge >= 0.3 is 6.36 Å². The van der Waals surface area contributed by atoms with E-state index in [0.717, 1.165) is 11.6 Å². The molecule has 0 amide bonds. The highest BCUT2D eigenvalue weighted by Crippen LogP contribution is 2.36. The highest BCUT2D eigenvalue weighted by molar-refractivity contribution is 5.68. The van der Waals surface area contributed by atoms with Crippen molar-refractivity contribution in [2.24, 2.45) is 5.73 Å². The fraction of sp³-hybridized carbons (Fsp3) is 0.250. The van der Waals surface area contributed by atoms with E-state index in [1.807, 2.05) is 0 Å². The minimum atomic E-state index is -4.85. The van der Waals surface area contributed by atoms with Crippen LogP contribution >= 0.6 is 0 Å². The first kappa shape index (κ1) is 17.1. The molecule has 2 aromatic carbocycles. The number of aryl methyl sites for hydroxylation is 1. The van der Waals surface area contributed by atoms with Crippen molar-refractivity contribution in [3.05, 3.63) is 47.8 Å². The summed E-state index contributed by atoms with van der Waals surface area (Å²) < 4.78 is 60.3. The fourth-order valence-electron chi connectivity index (χ4n) is 2.03. The predicted octanol–water partition coefficient (Wildman–Crippen LogP) is 4.04. The molecule has 0 saturated heterocycles. The van der Waals surface area contributed by atoms with E-state index in [2.05, 4.69) is 4.74 Å². The molecule has 0 radical (unpaired) electrons. The Morgan fingerprint density at radius 1 is 1.04 bits per heavy atom. The lowest BCUT2D eigenvalue weighted by Gasteiger charge is -2.15. The number of ether oxygens (including phenoxy) is 2. The van der Waals surface area contributed by atoms with Gasteiger partial charge in [0.2, 0.25) is 0 Å². The van der Waals surface area contributed by atoms with E-state index in [1.54, 1.807) is 19.1 Å². The molecule has 0 bridgehead atoms. The van der Waals surface area contributed by atoms with Crippen LogP contribution in [0.4, 0.5) is 17.6 Å². The Morgan fingerprint density at radius 2 is 1.78 bits per heavy atom. The monoisotopic (exact) mass is 329 g/mol. The van der Waals surface area contributed by atoms with Crippen molar-refractivity contribution >= 4 is 0 Å². The van der Waals surface area contributed by atoms with Crippen molar-refractivity contribution in [3.8, 4) is 22.6 Å². The Bertz CT molecular complexity index is 686. The standard InChI is InChI=1S/C16H15F4NO2/c1-10-2-4-13(17)12(8-10)11-3-5-14(23-16(18,19)20)15(9-11)22-7-6-21/h2-5,8-9H,6-7,21H2,1H3. The first-order valence-electron chi connectivity index (χ1n) is 6.79. The summed E-state index contributed by atoms with van der Waals surface area (Å²) >= 11 is 0. The second kappa shape index (κ2) is 6.87. The maximum Gasteiger partial charge on any atom is 0.573 e. The quantitative estimate of drug-likeness (QED) is 0.842. The Kier molecular flexibility index (Phi) is 5.10. The van der Waals surface area contributed by atoms with Crippen molar-refractivity contribution in [1.82, 2.24) is 0 Å². The topological polar surface area (TPSA) is 44.5 Å². The number of hydrogen-bond acceptors (Lipinski definition) is 3. The lowest BCUT2D eigenvalue weighted by atomic mass is 10.0. The molecule has 2 N–H and O–H groups in total. The van der Waals surface area contributed by atoms with Crippen molar-refractivity contribution in [2.45, 2.75) is 13.3 Å². The van der Waals surface area contributed by atoms with Crippen molar-refractivity contribution in [3.63, 3.8) is 0 Å². The molecule has 0 unspecified atom stereocenters. The van der Waals surface area contributed by atoms with Crippen LogP contribution < -0.4 is 15.2 Å². The molecule has 0 heterocycles. The largest absolute Gasteiger partial charge is 0.573 e. The predicted molar refractivity (Wildman–Crippen MR) is 77.8 cm³/mol. The fourth-order valence-corrected chi connectivity index (χ4v) is 2.03. The van der Waals surface area contributed by atoms with Crippen LogP contribution in [-0.2, 0) is 0 Å². The Labute approximate surface area is 130 Å². The lowest BCUT2D eigenvalue weighted by Crippen LogP contribution is -2.18. The highest BCUT2D eigenvalue weighted by Gasteiger charge is 2.32. The molecular formula is C16H15F4NO2. The summed E-state index contributed by atoms with van der Waals surface area (Å²) in [7, 11) is 0. The van der Waals surface area contributed by atoms with Gasteiger partial charge in [0.15, 0.2) is 11.5 Å². The van der Waals surface area contributed by atoms with Crippen molar-refractivity contribution in [2.75, 3.05) is 13.2 Å². The van der Waals surface area contributed by atoms with Crippen LogP contribution in [0.15, 0.2) is 36.4 Å². The summed E-state index contributed by atoms with van der Waals surface area (Å²) in [5, 5.41) is 0. The van der Waals surface area contributed by atoms with Crippen LogP contribution in [0.1, 0.15) is 5.56 Å². The molecular weight excluding hydrogens is 314 g/mol. The number of alkyl halides is 3. The number of halogens is 4.